The molecule has 0 aromatic heterocycles. The van der Waals surface area contributed by atoms with Gasteiger partial charge in [-0.2, -0.15) is 0 Å². The molecule has 3 atom stereocenters. The van der Waals surface area contributed by atoms with Crippen LogP contribution in [0.4, 0.5) is 0 Å². The second-order valence-corrected chi connectivity index (χ2v) is 9.56. The summed E-state index contributed by atoms with van der Waals surface area (Å²) in [5, 5.41) is 25.6. The predicted octanol–water partition coefficient (Wildman–Crippen LogP) is -4.25. The number of imide groups is 2. The van der Waals surface area contributed by atoms with Crippen molar-refractivity contribution in [1.82, 2.24) is 31.9 Å². The van der Waals surface area contributed by atoms with Gasteiger partial charge in [0.15, 0.2) is 0 Å². The molecule has 1 rings (SSSR count). The number of hydroxylamine groups is 2. The standard InChI is InChI=1S/C24H39N7O11/c1-14(10-17(25)34)4-3-9-27-30-16(13-33)23(40)26-11-19(36)28-15(12-32)24(41)29-18(35)5-2-6-22(39)42-31-20(37)7-8-21(31)38/h14-16,27,30,32-33H,2-13H2,1H3,(H2,25,34)(H,26,40)(H,28,36)(H,29,35,41)/t14?,15-,16-/m0/s1. The lowest BCUT2D eigenvalue weighted by atomic mass is 10.0. The molecule has 0 aromatic carbocycles. The Hall–Kier alpha value is -4.00. The molecule has 1 saturated heterocycles. The minimum atomic E-state index is -1.53. The Bertz CT molecular complexity index is 991. The summed E-state index contributed by atoms with van der Waals surface area (Å²) in [5.41, 5.74) is 10.5. The number of hydrogen-bond donors (Lipinski definition) is 8. The summed E-state index contributed by atoms with van der Waals surface area (Å²) >= 11 is 0. The number of carbonyl (C=O) groups excluding carboxylic acids is 8. The molecular formula is C24H39N7O11. The van der Waals surface area contributed by atoms with Gasteiger partial charge >= 0.3 is 5.97 Å². The molecule has 1 aliphatic rings. The Kier molecular flexibility index (Phi) is 16.5. The van der Waals surface area contributed by atoms with Crippen LogP contribution in [0.5, 0.6) is 0 Å². The van der Waals surface area contributed by atoms with Gasteiger partial charge < -0.3 is 31.4 Å². The van der Waals surface area contributed by atoms with Gasteiger partial charge in [-0.25, -0.2) is 10.2 Å². The zero-order chi connectivity index (χ0) is 31.7. The van der Waals surface area contributed by atoms with E-state index in [-0.39, 0.29) is 50.4 Å². The molecule has 1 aliphatic heterocycles. The number of rotatable bonds is 20. The van der Waals surface area contributed by atoms with E-state index >= 15 is 0 Å². The average molecular weight is 602 g/mol. The van der Waals surface area contributed by atoms with E-state index in [1.807, 2.05) is 12.2 Å². The highest BCUT2D eigenvalue weighted by atomic mass is 16.7. The van der Waals surface area contributed by atoms with Gasteiger partial charge in [-0.05, 0) is 25.2 Å². The first-order valence-electron chi connectivity index (χ1n) is 13.3. The van der Waals surface area contributed by atoms with Crippen LogP contribution in [0.15, 0.2) is 0 Å². The summed E-state index contributed by atoms with van der Waals surface area (Å²) in [6.07, 6.45) is 0.774. The number of amides is 7. The molecule has 0 bridgehead atoms. The quantitative estimate of drug-likeness (QED) is 0.0373. The van der Waals surface area contributed by atoms with Gasteiger partial charge in [0.25, 0.3) is 17.7 Å². The fourth-order valence-electron chi connectivity index (χ4n) is 3.59. The summed E-state index contributed by atoms with van der Waals surface area (Å²) in [4.78, 5) is 98.8. The van der Waals surface area contributed by atoms with Crippen LogP contribution < -0.4 is 32.5 Å². The van der Waals surface area contributed by atoms with E-state index in [9.17, 15) is 48.6 Å². The highest BCUT2D eigenvalue weighted by Crippen LogP contribution is 2.13. The van der Waals surface area contributed by atoms with Crippen molar-refractivity contribution in [2.75, 3.05) is 26.3 Å². The van der Waals surface area contributed by atoms with Crippen LogP contribution in [0.25, 0.3) is 0 Å². The molecule has 0 radical (unpaired) electrons. The molecule has 1 fully saturated rings. The molecule has 9 N–H and O–H groups in total. The molecule has 0 spiro atoms. The van der Waals surface area contributed by atoms with Crippen LogP contribution in [0.3, 0.4) is 0 Å². The predicted molar refractivity (Wildman–Crippen MR) is 140 cm³/mol. The van der Waals surface area contributed by atoms with Crippen LogP contribution in [-0.4, -0.2) is 101 Å². The van der Waals surface area contributed by atoms with Gasteiger partial charge in [0.1, 0.15) is 12.1 Å². The summed E-state index contributed by atoms with van der Waals surface area (Å²) in [7, 11) is 0. The maximum atomic E-state index is 12.2. The third-order valence-corrected chi connectivity index (χ3v) is 5.83. The van der Waals surface area contributed by atoms with Crippen molar-refractivity contribution in [3.8, 4) is 0 Å². The molecule has 0 aliphatic carbocycles. The van der Waals surface area contributed by atoms with Crippen molar-refractivity contribution in [2.24, 2.45) is 11.7 Å². The van der Waals surface area contributed by atoms with Gasteiger partial charge in [-0.15, -0.1) is 5.06 Å². The van der Waals surface area contributed by atoms with Crippen LogP contribution in [0, 0.1) is 5.92 Å². The third-order valence-electron chi connectivity index (χ3n) is 5.83. The number of hydrogen-bond acceptors (Lipinski definition) is 13. The second-order valence-electron chi connectivity index (χ2n) is 9.56. The molecule has 18 nitrogen and oxygen atoms in total. The molecular weight excluding hydrogens is 562 g/mol. The molecule has 1 heterocycles. The van der Waals surface area contributed by atoms with E-state index in [0.29, 0.717) is 24.4 Å². The number of hydrazine groups is 1. The van der Waals surface area contributed by atoms with E-state index in [1.54, 1.807) is 0 Å². The Morgan fingerprint density at radius 1 is 0.929 bits per heavy atom. The smallest absolute Gasteiger partial charge is 0.333 e. The van der Waals surface area contributed by atoms with Crippen molar-refractivity contribution in [3.05, 3.63) is 0 Å². The van der Waals surface area contributed by atoms with Crippen molar-refractivity contribution in [3.63, 3.8) is 0 Å². The Morgan fingerprint density at radius 3 is 2.17 bits per heavy atom. The summed E-state index contributed by atoms with van der Waals surface area (Å²) < 4.78 is 0. The first-order chi connectivity index (χ1) is 19.9. The zero-order valence-corrected chi connectivity index (χ0v) is 23.3. The van der Waals surface area contributed by atoms with Crippen LogP contribution >= 0.6 is 0 Å². The summed E-state index contributed by atoms with van der Waals surface area (Å²) in [6, 6.07) is -2.63. The van der Waals surface area contributed by atoms with Crippen molar-refractivity contribution in [1.29, 1.82) is 0 Å². The first kappa shape index (κ1) is 36.0. The Morgan fingerprint density at radius 2 is 1.57 bits per heavy atom. The molecule has 42 heavy (non-hydrogen) atoms. The Labute approximate surface area is 241 Å². The van der Waals surface area contributed by atoms with Crippen molar-refractivity contribution in [2.45, 2.75) is 70.4 Å². The number of nitrogens with one attached hydrogen (secondary N) is 5. The molecule has 0 saturated carbocycles. The average Bonchev–Trinajstić information content (AvgIpc) is 3.23. The topological polar surface area (TPSA) is 276 Å². The Balaban J connectivity index is 2.32. The number of aliphatic hydroxyl groups excluding tert-OH is 2. The van der Waals surface area contributed by atoms with E-state index in [1.165, 1.54) is 0 Å². The maximum absolute atomic E-state index is 12.2. The summed E-state index contributed by atoms with van der Waals surface area (Å²) in [6.45, 7) is 0.221. The fourth-order valence-corrected chi connectivity index (χ4v) is 3.59. The lowest BCUT2D eigenvalue weighted by molar-refractivity contribution is -0.197. The van der Waals surface area contributed by atoms with Crippen molar-refractivity contribution >= 4 is 47.3 Å². The number of nitrogens with zero attached hydrogens (tertiary/aromatic N) is 1. The zero-order valence-electron chi connectivity index (χ0n) is 23.3. The third kappa shape index (κ3) is 14.1. The highest BCUT2D eigenvalue weighted by Gasteiger charge is 2.32. The van der Waals surface area contributed by atoms with E-state index < -0.39 is 73.3 Å². The maximum Gasteiger partial charge on any atom is 0.333 e. The molecule has 1 unspecified atom stereocenters. The van der Waals surface area contributed by atoms with Gasteiger partial charge in [0.05, 0.1) is 19.8 Å². The van der Waals surface area contributed by atoms with E-state index in [2.05, 4.69) is 26.3 Å². The lowest BCUT2D eigenvalue weighted by Crippen LogP contribution is -2.55. The number of nitrogens with two attached hydrogens (primary N) is 1. The first-order valence-corrected chi connectivity index (χ1v) is 13.3. The second kappa shape index (κ2) is 19.2. The monoisotopic (exact) mass is 601 g/mol. The van der Waals surface area contributed by atoms with E-state index in [4.69, 9.17) is 5.73 Å². The van der Waals surface area contributed by atoms with Crippen LogP contribution in [0.2, 0.25) is 0 Å². The number of primary amides is 1. The molecule has 18 heteroatoms. The fraction of sp³-hybridized carbons (Fsp3) is 0.667. The molecule has 7 amide bonds. The van der Waals surface area contributed by atoms with Crippen LogP contribution in [-0.2, 0) is 43.2 Å². The normalized spacial score (nSPS) is 15.0. The lowest BCUT2D eigenvalue weighted by Gasteiger charge is -2.18. The number of carbonyl (C=O) groups is 8. The van der Waals surface area contributed by atoms with Crippen LogP contribution in [0.1, 0.15) is 58.3 Å². The van der Waals surface area contributed by atoms with E-state index in [0.717, 1.165) is 0 Å². The van der Waals surface area contributed by atoms with Crippen molar-refractivity contribution < 1.29 is 53.4 Å². The van der Waals surface area contributed by atoms with Gasteiger partial charge in [0, 0.05) is 38.6 Å². The molecule has 0 aromatic rings. The number of aliphatic hydroxyl groups is 2. The minimum absolute atomic E-state index is 0.0639. The van der Waals surface area contributed by atoms with Gasteiger partial charge in [-0.3, -0.25) is 44.3 Å². The minimum Gasteiger partial charge on any atom is -0.394 e. The molecule has 236 valence electrons. The van der Waals surface area contributed by atoms with Gasteiger partial charge in [0.2, 0.25) is 23.6 Å². The SMILES string of the molecule is CC(CCCNN[C@@H](CO)C(=O)NCC(=O)N[C@@H](CO)C(=O)NC(=O)CCCC(=O)ON1C(=O)CCC1=O)CC(N)=O. The summed E-state index contributed by atoms with van der Waals surface area (Å²) in [5.74, 6) is -5.97. The highest BCUT2D eigenvalue weighted by molar-refractivity contribution is 6.02. The van der Waals surface area contributed by atoms with Gasteiger partial charge in [-0.1, -0.05) is 6.92 Å². The largest absolute Gasteiger partial charge is 0.394 e.